The fourth-order valence-electron chi connectivity index (χ4n) is 6.47. The summed E-state index contributed by atoms with van der Waals surface area (Å²) in [7, 11) is -1.88. The van der Waals surface area contributed by atoms with E-state index in [0.717, 1.165) is 33.8 Å². The van der Waals surface area contributed by atoms with Crippen molar-refractivity contribution in [1.82, 2.24) is 0 Å². The smallest absolute Gasteiger partial charge is 0.128 e. The second kappa shape index (κ2) is 14.0. The molecule has 0 fully saturated rings. The minimum absolute atomic E-state index is 0.466. The molecule has 0 atom stereocenters. The van der Waals surface area contributed by atoms with Gasteiger partial charge in [0.15, 0.2) is 0 Å². The van der Waals surface area contributed by atoms with Crippen LogP contribution in [0.4, 0.5) is 0 Å². The quantitative estimate of drug-likeness (QED) is 0.168. The molecule has 8 rings (SSSR count). The fraction of sp³-hybridized carbons (Fsp3) is 0.0455. The van der Waals surface area contributed by atoms with Gasteiger partial charge < -0.3 is 9.47 Å². The van der Waals surface area contributed by atoms with Crippen molar-refractivity contribution in [2.45, 2.75) is 13.2 Å². The van der Waals surface area contributed by atoms with Gasteiger partial charge in [0.2, 0.25) is 0 Å². The van der Waals surface area contributed by atoms with Gasteiger partial charge >= 0.3 is 0 Å². The lowest BCUT2D eigenvalue weighted by Gasteiger charge is -2.29. The van der Waals surface area contributed by atoms with Crippen LogP contribution in [0.15, 0.2) is 182 Å². The van der Waals surface area contributed by atoms with Crippen molar-refractivity contribution in [3.8, 4) is 22.6 Å². The minimum atomic E-state index is -0.942. The van der Waals surface area contributed by atoms with Crippen LogP contribution < -0.4 is 41.3 Å². The highest BCUT2D eigenvalue weighted by molar-refractivity contribution is 7.80. The van der Waals surface area contributed by atoms with Crippen molar-refractivity contribution in [2.75, 3.05) is 0 Å². The van der Waals surface area contributed by atoms with Gasteiger partial charge in [-0.05, 0) is 70.9 Å². The molecule has 2 nitrogen and oxygen atoms in total. The number of hydrogen-bond donors (Lipinski definition) is 0. The molecule has 0 bridgehead atoms. The SMILES string of the molecule is c1ccc(P(c2ccccc2)c2cccc3c2-c2c(cccc2P(c2ccccc2)c2ccccc2)OCc2ccccc2CO3)cc1. The lowest BCUT2D eigenvalue weighted by Crippen LogP contribution is -2.27. The van der Waals surface area contributed by atoms with E-state index in [-0.39, 0.29) is 0 Å². The molecule has 0 aliphatic carbocycles. The van der Waals surface area contributed by atoms with E-state index in [0.29, 0.717) is 13.2 Å². The summed E-state index contributed by atoms with van der Waals surface area (Å²) in [5.74, 6) is 1.74. The zero-order chi connectivity index (χ0) is 32.1. The van der Waals surface area contributed by atoms with E-state index in [9.17, 15) is 0 Å². The summed E-state index contributed by atoms with van der Waals surface area (Å²) < 4.78 is 13.8. The zero-order valence-electron chi connectivity index (χ0n) is 26.4. The molecule has 0 unspecified atom stereocenters. The molecule has 0 spiro atoms. The molecule has 1 aliphatic heterocycles. The molecule has 0 saturated heterocycles. The van der Waals surface area contributed by atoms with E-state index in [1.54, 1.807) is 0 Å². The third-order valence-corrected chi connectivity index (χ3v) is 13.6. The molecule has 4 heteroatoms. The molecule has 48 heavy (non-hydrogen) atoms. The predicted octanol–water partition coefficient (Wildman–Crippen LogP) is 8.34. The molecular weight excluding hydrogens is 622 g/mol. The van der Waals surface area contributed by atoms with Crippen LogP contribution in [0.25, 0.3) is 11.1 Å². The molecule has 0 amide bonds. The summed E-state index contributed by atoms with van der Waals surface area (Å²) in [6.45, 7) is 0.933. The Morgan fingerprint density at radius 1 is 0.312 bits per heavy atom. The normalized spacial score (nSPS) is 12.3. The Hall–Kier alpha value is -5.00. The van der Waals surface area contributed by atoms with Crippen LogP contribution in [0.5, 0.6) is 11.5 Å². The Morgan fingerprint density at radius 3 is 0.958 bits per heavy atom. The molecule has 232 valence electrons. The van der Waals surface area contributed by atoms with Crippen LogP contribution in [-0.2, 0) is 13.2 Å². The van der Waals surface area contributed by atoms with E-state index < -0.39 is 15.8 Å². The minimum Gasteiger partial charge on any atom is -0.488 e. The molecule has 7 aromatic carbocycles. The van der Waals surface area contributed by atoms with E-state index in [1.807, 2.05) is 0 Å². The van der Waals surface area contributed by atoms with E-state index in [1.165, 1.54) is 31.8 Å². The first-order chi connectivity index (χ1) is 23.8. The molecule has 0 radical (unpaired) electrons. The molecular formula is C44H34O2P2. The highest BCUT2D eigenvalue weighted by Crippen LogP contribution is 2.47. The van der Waals surface area contributed by atoms with Crippen LogP contribution in [0, 0.1) is 0 Å². The molecule has 0 aromatic heterocycles. The predicted molar refractivity (Wildman–Crippen MR) is 204 cm³/mol. The lowest BCUT2D eigenvalue weighted by atomic mass is 10.0. The second-order valence-electron chi connectivity index (χ2n) is 11.7. The Balaban J connectivity index is 1.45. The van der Waals surface area contributed by atoms with Gasteiger partial charge in [0, 0.05) is 11.1 Å². The average molecular weight is 657 g/mol. The highest BCUT2D eigenvalue weighted by atomic mass is 31.1. The van der Waals surface area contributed by atoms with Crippen molar-refractivity contribution in [1.29, 1.82) is 0 Å². The number of fused-ring (bicyclic) bond motifs is 4. The summed E-state index contributed by atoms with van der Waals surface area (Å²) in [6, 6.07) is 65.3. The number of hydrogen-bond acceptors (Lipinski definition) is 2. The van der Waals surface area contributed by atoms with Crippen LogP contribution in [0.1, 0.15) is 11.1 Å². The lowest BCUT2D eigenvalue weighted by molar-refractivity contribution is 0.283. The van der Waals surface area contributed by atoms with E-state index in [2.05, 4.69) is 182 Å². The van der Waals surface area contributed by atoms with Gasteiger partial charge in [-0.25, -0.2) is 0 Å². The Bertz CT molecular complexity index is 1900. The fourth-order valence-corrected chi connectivity index (χ4v) is 11.4. The average Bonchev–Trinajstić information content (AvgIpc) is 3.16. The van der Waals surface area contributed by atoms with Gasteiger partial charge in [0.05, 0.1) is 0 Å². The Labute approximate surface area is 285 Å². The molecule has 0 saturated carbocycles. The number of benzene rings is 7. The monoisotopic (exact) mass is 656 g/mol. The van der Waals surface area contributed by atoms with Crippen molar-refractivity contribution >= 4 is 47.7 Å². The van der Waals surface area contributed by atoms with Crippen LogP contribution in [-0.4, -0.2) is 0 Å². The maximum absolute atomic E-state index is 6.92. The van der Waals surface area contributed by atoms with Crippen molar-refractivity contribution < 1.29 is 9.47 Å². The van der Waals surface area contributed by atoms with Gasteiger partial charge in [-0.15, -0.1) is 0 Å². The van der Waals surface area contributed by atoms with Crippen LogP contribution in [0.2, 0.25) is 0 Å². The third-order valence-electron chi connectivity index (χ3n) is 8.68. The first-order valence-electron chi connectivity index (χ1n) is 16.2. The summed E-state index contributed by atoms with van der Waals surface area (Å²) in [6.07, 6.45) is 0. The first-order valence-corrected chi connectivity index (χ1v) is 18.9. The summed E-state index contributed by atoms with van der Waals surface area (Å²) >= 11 is 0. The molecule has 7 aromatic rings. The molecule has 1 aliphatic rings. The first kappa shape index (κ1) is 30.3. The van der Waals surface area contributed by atoms with Crippen molar-refractivity contribution in [3.63, 3.8) is 0 Å². The van der Waals surface area contributed by atoms with Crippen molar-refractivity contribution in [2.24, 2.45) is 0 Å². The standard InChI is InChI=1S/C44H34O2P2/c1-5-19-35(20-6-1)47(36-21-7-2-8-22-36)41-29-15-27-39-43(41)44-40(46-32-34-18-14-13-17-33(34)31-45-39)28-16-30-42(44)48(37-23-9-3-10-24-37)38-25-11-4-12-26-38/h1-30H,31-32H2. The van der Waals surface area contributed by atoms with Gasteiger partial charge in [-0.3, -0.25) is 0 Å². The maximum atomic E-state index is 6.92. The second-order valence-corrected chi connectivity index (χ2v) is 16.0. The summed E-state index contributed by atoms with van der Waals surface area (Å²) in [5, 5.41) is 7.68. The summed E-state index contributed by atoms with van der Waals surface area (Å²) in [5.41, 5.74) is 4.50. The van der Waals surface area contributed by atoms with Crippen LogP contribution in [0.3, 0.4) is 0 Å². The topological polar surface area (TPSA) is 18.5 Å². The van der Waals surface area contributed by atoms with Gasteiger partial charge in [0.25, 0.3) is 0 Å². The van der Waals surface area contributed by atoms with Gasteiger partial charge in [-0.1, -0.05) is 170 Å². The summed E-state index contributed by atoms with van der Waals surface area (Å²) in [4.78, 5) is 0. The third kappa shape index (κ3) is 6.07. The molecule has 1 heterocycles. The molecule has 0 N–H and O–H groups in total. The van der Waals surface area contributed by atoms with E-state index in [4.69, 9.17) is 9.47 Å². The Kier molecular flexibility index (Phi) is 8.85. The van der Waals surface area contributed by atoms with Crippen LogP contribution >= 0.6 is 15.8 Å². The van der Waals surface area contributed by atoms with Crippen molar-refractivity contribution in [3.05, 3.63) is 193 Å². The Morgan fingerprint density at radius 2 is 0.625 bits per heavy atom. The van der Waals surface area contributed by atoms with Gasteiger partial charge in [0.1, 0.15) is 24.7 Å². The maximum Gasteiger partial charge on any atom is 0.128 e. The largest absolute Gasteiger partial charge is 0.488 e. The number of ether oxygens (including phenoxy) is 2. The van der Waals surface area contributed by atoms with Gasteiger partial charge in [-0.2, -0.15) is 0 Å². The zero-order valence-corrected chi connectivity index (χ0v) is 28.2. The number of rotatable bonds is 6. The van der Waals surface area contributed by atoms with E-state index >= 15 is 0 Å². The highest BCUT2D eigenvalue weighted by Gasteiger charge is 2.30.